The quantitative estimate of drug-likeness (QED) is 0.194. The molecule has 0 aliphatic rings. The van der Waals surface area contributed by atoms with Crippen LogP contribution in [0.5, 0.6) is 5.75 Å². The van der Waals surface area contributed by atoms with Gasteiger partial charge in [-0.1, -0.05) is 60.7 Å². The lowest BCUT2D eigenvalue weighted by Gasteiger charge is -2.20. The average molecular weight is 576 g/mol. The number of H-pyrrole nitrogens is 1. The number of aryl methyl sites for hydroxylation is 2. The second kappa shape index (κ2) is 14.0. The number of benzene rings is 3. The predicted molar refractivity (Wildman–Crippen MR) is 162 cm³/mol. The van der Waals surface area contributed by atoms with E-state index in [0.29, 0.717) is 25.2 Å². The molecular weight excluding hydrogens is 542 g/mol. The fraction of sp³-hybridized carbons (Fsp3) is 0.242. The van der Waals surface area contributed by atoms with Gasteiger partial charge in [0.1, 0.15) is 18.0 Å². The number of rotatable bonds is 13. The Bertz CT molecular complexity index is 1720. The smallest absolute Gasteiger partial charge is 0.239 e. The van der Waals surface area contributed by atoms with Crippen molar-refractivity contribution in [3.63, 3.8) is 0 Å². The van der Waals surface area contributed by atoms with Crippen LogP contribution in [0, 0.1) is 11.3 Å². The minimum Gasteiger partial charge on any atom is -0.497 e. The van der Waals surface area contributed by atoms with Gasteiger partial charge in [-0.15, -0.1) is 10.2 Å². The Morgan fingerprint density at radius 1 is 0.953 bits per heavy atom. The lowest BCUT2D eigenvalue weighted by Crippen LogP contribution is -2.40. The molecule has 5 aromatic rings. The summed E-state index contributed by atoms with van der Waals surface area (Å²) in [7, 11) is 1.63. The highest BCUT2D eigenvalue weighted by atomic mass is 16.5. The lowest BCUT2D eigenvalue weighted by molar-refractivity contribution is -0.126. The molecule has 3 N–H and O–H groups in total. The van der Waals surface area contributed by atoms with Gasteiger partial charge in [0.25, 0.3) is 0 Å². The van der Waals surface area contributed by atoms with Crippen molar-refractivity contribution in [1.82, 2.24) is 30.4 Å². The average Bonchev–Trinajstić information content (AvgIpc) is 3.63. The van der Waals surface area contributed by atoms with Crippen LogP contribution in [0.15, 0.2) is 85.1 Å². The lowest BCUT2D eigenvalue weighted by atomic mass is 10.0. The number of hydrogen-bond acceptors (Lipinski definition) is 6. The molecule has 2 aromatic heterocycles. The van der Waals surface area contributed by atoms with E-state index in [1.54, 1.807) is 13.2 Å². The third-order valence-electron chi connectivity index (χ3n) is 7.27. The predicted octanol–water partition coefficient (Wildman–Crippen LogP) is 4.03. The molecule has 0 fully saturated rings. The molecule has 5 rings (SSSR count). The van der Waals surface area contributed by atoms with Gasteiger partial charge in [-0.05, 0) is 41.3 Å². The summed E-state index contributed by atoms with van der Waals surface area (Å²) in [4.78, 5) is 28.3. The Balaban J connectivity index is 1.48. The molecule has 0 aliphatic carbocycles. The Morgan fingerprint density at radius 3 is 2.49 bits per heavy atom. The molecule has 2 amide bonds. The second-order valence-corrected chi connectivity index (χ2v) is 10.2. The van der Waals surface area contributed by atoms with Gasteiger partial charge in [-0.2, -0.15) is 5.26 Å². The third kappa shape index (κ3) is 7.45. The zero-order chi connectivity index (χ0) is 30.0. The van der Waals surface area contributed by atoms with Gasteiger partial charge in [-0.3, -0.25) is 9.59 Å². The number of para-hydroxylation sites is 1. The van der Waals surface area contributed by atoms with E-state index in [1.807, 2.05) is 72.9 Å². The minimum absolute atomic E-state index is 0.252. The highest BCUT2D eigenvalue weighted by molar-refractivity contribution is 5.86. The van der Waals surface area contributed by atoms with Crippen molar-refractivity contribution in [2.45, 2.75) is 38.3 Å². The Morgan fingerprint density at radius 2 is 1.72 bits per heavy atom. The van der Waals surface area contributed by atoms with Crippen LogP contribution in [0.4, 0.5) is 0 Å². The first-order valence-corrected chi connectivity index (χ1v) is 14.1. The van der Waals surface area contributed by atoms with E-state index in [0.717, 1.165) is 40.0 Å². The Labute approximate surface area is 249 Å². The number of carbonyl (C=O) groups is 2. The first-order chi connectivity index (χ1) is 21.0. The van der Waals surface area contributed by atoms with Gasteiger partial charge in [0, 0.05) is 29.9 Å². The van der Waals surface area contributed by atoms with E-state index in [2.05, 4.69) is 42.5 Å². The highest BCUT2D eigenvalue weighted by Gasteiger charge is 2.25. The summed E-state index contributed by atoms with van der Waals surface area (Å²) in [5, 5.41) is 24.6. The molecule has 10 heteroatoms. The molecule has 0 saturated carbocycles. The van der Waals surface area contributed by atoms with E-state index >= 15 is 0 Å². The Kier molecular flexibility index (Phi) is 9.44. The maximum absolute atomic E-state index is 13.1. The van der Waals surface area contributed by atoms with Crippen LogP contribution < -0.4 is 15.4 Å². The Hall–Kier alpha value is -5.43. The van der Waals surface area contributed by atoms with Crippen molar-refractivity contribution in [3.8, 4) is 11.8 Å². The minimum atomic E-state index is -0.546. The second-order valence-electron chi connectivity index (χ2n) is 10.2. The molecule has 0 unspecified atom stereocenters. The van der Waals surface area contributed by atoms with Crippen LogP contribution in [0.2, 0.25) is 0 Å². The zero-order valence-electron chi connectivity index (χ0n) is 23.9. The SMILES string of the molecule is COc1ccc(Cn2c(CCc3ccccc3)nnc2[C@@H](Cc2c[nH]c3ccccc23)NC(=O)CNC(=O)CC#N)cc1. The molecule has 1 atom stereocenters. The van der Waals surface area contributed by atoms with Crippen molar-refractivity contribution in [1.29, 1.82) is 5.26 Å². The number of methoxy groups -OCH3 is 1. The number of aromatic amines is 1. The standard InChI is InChI=1S/C33H33N7O3/c1-43-26-14-11-24(12-15-26)22-40-30(16-13-23-7-3-2-4-8-23)38-39-33(40)29(37-32(42)21-36-31(41)17-18-34)19-25-20-35-28-10-6-5-9-27(25)28/h2-12,14-15,20,29,35H,13,16-17,19,21-22H2,1H3,(H,36,41)(H,37,42)/t29-/m1/s1. The van der Waals surface area contributed by atoms with Gasteiger partial charge in [0.15, 0.2) is 5.82 Å². The fourth-order valence-corrected chi connectivity index (χ4v) is 5.06. The molecule has 10 nitrogen and oxygen atoms in total. The van der Waals surface area contributed by atoms with Gasteiger partial charge < -0.3 is 24.9 Å². The summed E-state index contributed by atoms with van der Waals surface area (Å²) in [6, 6.07) is 27.3. The monoisotopic (exact) mass is 575 g/mol. The van der Waals surface area contributed by atoms with Crippen LogP contribution in [0.25, 0.3) is 10.9 Å². The molecular formula is C33H33N7O3. The topological polar surface area (TPSA) is 138 Å². The van der Waals surface area contributed by atoms with E-state index in [4.69, 9.17) is 10.00 Å². The van der Waals surface area contributed by atoms with Crippen molar-refractivity contribution >= 4 is 22.7 Å². The number of fused-ring (bicyclic) bond motifs is 1. The molecule has 0 spiro atoms. The number of aromatic nitrogens is 4. The number of nitrogens with zero attached hydrogens (tertiary/aromatic N) is 4. The largest absolute Gasteiger partial charge is 0.497 e. The van der Waals surface area contributed by atoms with Gasteiger partial charge in [-0.25, -0.2) is 0 Å². The zero-order valence-corrected chi connectivity index (χ0v) is 23.9. The van der Waals surface area contributed by atoms with Gasteiger partial charge >= 0.3 is 0 Å². The highest BCUT2D eigenvalue weighted by Crippen LogP contribution is 2.26. The summed E-state index contributed by atoms with van der Waals surface area (Å²) >= 11 is 0. The maximum Gasteiger partial charge on any atom is 0.239 e. The number of carbonyl (C=O) groups excluding carboxylic acids is 2. The summed E-state index contributed by atoms with van der Waals surface area (Å²) < 4.78 is 7.41. The number of amides is 2. The van der Waals surface area contributed by atoms with Crippen LogP contribution in [0.1, 0.15) is 40.8 Å². The molecule has 0 radical (unpaired) electrons. The molecule has 3 aromatic carbocycles. The van der Waals surface area contributed by atoms with Gasteiger partial charge in [0.2, 0.25) is 11.8 Å². The normalized spacial score (nSPS) is 11.5. The number of hydrogen-bond donors (Lipinski definition) is 3. The van der Waals surface area contributed by atoms with E-state index in [1.165, 1.54) is 5.56 Å². The van der Waals surface area contributed by atoms with Crippen molar-refractivity contribution in [2.24, 2.45) is 0 Å². The third-order valence-corrected chi connectivity index (χ3v) is 7.27. The van der Waals surface area contributed by atoms with Crippen LogP contribution in [0.3, 0.4) is 0 Å². The molecule has 218 valence electrons. The number of nitrogens with one attached hydrogen (secondary N) is 3. The first kappa shape index (κ1) is 29.1. The molecule has 0 bridgehead atoms. The van der Waals surface area contributed by atoms with Crippen LogP contribution in [-0.4, -0.2) is 45.2 Å². The van der Waals surface area contributed by atoms with E-state index in [-0.39, 0.29) is 18.9 Å². The maximum atomic E-state index is 13.1. The molecule has 2 heterocycles. The molecule has 0 saturated heterocycles. The molecule has 0 aliphatic heterocycles. The van der Waals surface area contributed by atoms with Gasteiger partial charge in [0.05, 0.1) is 32.3 Å². The van der Waals surface area contributed by atoms with Crippen LogP contribution >= 0.6 is 0 Å². The summed E-state index contributed by atoms with van der Waals surface area (Å²) in [5.74, 6) is 1.29. The summed E-state index contributed by atoms with van der Waals surface area (Å²) in [5.41, 5.74) is 4.23. The number of nitriles is 1. The summed E-state index contributed by atoms with van der Waals surface area (Å²) in [6.45, 7) is 0.244. The van der Waals surface area contributed by atoms with E-state index in [9.17, 15) is 9.59 Å². The van der Waals surface area contributed by atoms with Crippen molar-refractivity contribution in [2.75, 3.05) is 13.7 Å². The fourth-order valence-electron chi connectivity index (χ4n) is 5.06. The van der Waals surface area contributed by atoms with Crippen LogP contribution in [-0.2, 0) is 35.4 Å². The van der Waals surface area contributed by atoms with Crippen molar-refractivity contribution < 1.29 is 14.3 Å². The van der Waals surface area contributed by atoms with E-state index < -0.39 is 11.9 Å². The first-order valence-electron chi connectivity index (χ1n) is 14.1. The molecule has 43 heavy (non-hydrogen) atoms. The van der Waals surface area contributed by atoms with Crippen molar-refractivity contribution in [3.05, 3.63) is 113 Å². The number of ether oxygens (including phenoxy) is 1. The summed E-state index contributed by atoms with van der Waals surface area (Å²) in [6.07, 6.45) is 3.52.